The number of alkyl halides is 27. The molecule has 0 saturated heterocycles. The summed E-state index contributed by atoms with van der Waals surface area (Å²) in [5.41, 5.74) is 1.05. The number of aliphatic hydroxyl groups is 2. The third kappa shape index (κ3) is 10.7. The third-order valence-electron chi connectivity index (χ3n) is 6.71. The summed E-state index contributed by atoms with van der Waals surface area (Å²) in [5, 5.41) is 31.6. The molecule has 0 aliphatic heterocycles. The Labute approximate surface area is 313 Å². The van der Waals surface area contributed by atoms with Gasteiger partial charge in [0.15, 0.2) is 0 Å². The smallest absolute Gasteiger partial charge is 0.460 e. The van der Waals surface area contributed by atoms with E-state index in [4.69, 9.17) is 14.7 Å². The van der Waals surface area contributed by atoms with Crippen molar-refractivity contribution >= 4 is 6.15 Å². The minimum Gasteiger partial charge on any atom is -0.508 e. The molecule has 1 aromatic rings. The van der Waals surface area contributed by atoms with E-state index >= 15 is 0 Å². The molecule has 0 amide bonds. The molecule has 60 heavy (non-hydrogen) atoms. The van der Waals surface area contributed by atoms with E-state index in [1.807, 2.05) is 20.8 Å². The molecule has 34 heteroatoms. The van der Waals surface area contributed by atoms with Gasteiger partial charge in [0.05, 0.1) is 12.7 Å². The van der Waals surface area contributed by atoms with Gasteiger partial charge in [-0.1, -0.05) is 6.07 Å². The van der Waals surface area contributed by atoms with Crippen LogP contribution in [-0.4, -0.2) is 111 Å². The second kappa shape index (κ2) is 17.6. The lowest BCUT2D eigenvalue weighted by Crippen LogP contribution is -2.81. The number of carbonyl (C=O) groups excluding carboxylic acids is 2. The highest BCUT2D eigenvalue weighted by Crippen LogP contribution is 2.65. The summed E-state index contributed by atoms with van der Waals surface area (Å²) in [7, 11) is 0. The van der Waals surface area contributed by atoms with Crippen LogP contribution in [0.3, 0.4) is 0 Å². The zero-order valence-corrected chi connectivity index (χ0v) is 28.5. The lowest BCUT2D eigenvalue weighted by atomic mass is 10.00. The van der Waals surface area contributed by atoms with Gasteiger partial charge in [0, 0.05) is 17.6 Å². The fraction of sp³-hybridized carbons (Fsp3) is 0.731. The number of rotatable bonds is 13. The van der Waals surface area contributed by atoms with Crippen LogP contribution in [0.4, 0.5) is 119 Å². The van der Waals surface area contributed by atoms with Crippen LogP contribution in [0, 0.1) is 0 Å². The molecular formula is C26H21F27N2O5. The third-order valence-corrected chi connectivity index (χ3v) is 6.71. The van der Waals surface area contributed by atoms with Crippen molar-refractivity contribution in [3.63, 3.8) is 0 Å². The molecule has 0 aliphatic carbocycles. The van der Waals surface area contributed by atoms with Crippen LogP contribution in [-0.2, 0) is 16.2 Å². The van der Waals surface area contributed by atoms with E-state index in [1.165, 1.54) is 6.07 Å². The zero-order valence-electron chi connectivity index (χ0n) is 28.5. The highest BCUT2D eigenvalue weighted by atomic mass is 19.5. The SMILES string of the molecule is CC(C)(C)NCC(O)c1ccc(O)c(CO)c1.FC(F)(F)C(F)(F)C(F)(F)C(F)(F)N(C(F)(F)C(F)(F)C(F)(F)C(F)(F)F)C(F)(F)C(F)(F)C(F)(F)C(F)(F)F.O=C=O. The molecule has 1 aromatic carbocycles. The monoisotopic (exact) mass is 954 g/mol. The molecule has 4 N–H and O–H groups in total. The summed E-state index contributed by atoms with van der Waals surface area (Å²) in [5.74, 6) is -55.4. The molecule has 7 nitrogen and oxygen atoms in total. The Morgan fingerprint density at radius 1 is 0.550 bits per heavy atom. The first-order valence-electron chi connectivity index (χ1n) is 14.1. The molecule has 0 radical (unpaired) electrons. The molecule has 0 bridgehead atoms. The van der Waals surface area contributed by atoms with Crippen LogP contribution < -0.4 is 5.32 Å². The highest BCUT2D eigenvalue weighted by Gasteiger charge is 2.96. The Morgan fingerprint density at radius 2 is 0.817 bits per heavy atom. The van der Waals surface area contributed by atoms with Gasteiger partial charge < -0.3 is 20.6 Å². The van der Waals surface area contributed by atoms with Gasteiger partial charge in [0.25, 0.3) is 0 Å². The van der Waals surface area contributed by atoms with Gasteiger partial charge in [-0.25, -0.2) is 0 Å². The summed E-state index contributed by atoms with van der Waals surface area (Å²) in [6.45, 7) is 6.26. The molecule has 0 fully saturated rings. The van der Waals surface area contributed by atoms with E-state index in [0.717, 1.165) is 0 Å². The molecule has 1 rings (SSSR count). The quantitative estimate of drug-likeness (QED) is 0.115. The van der Waals surface area contributed by atoms with Crippen LogP contribution in [0.25, 0.3) is 0 Å². The second-order valence-electron chi connectivity index (χ2n) is 12.2. The van der Waals surface area contributed by atoms with Gasteiger partial charge in [-0.2, -0.15) is 128 Å². The number of nitrogens with zero attached hydrogens (tertiary/aromatic N) is 1. The van der Waals surface area contributed by atoms with Crippen molar-refractivity contribution in [3.05, 3.63) is 29.3 Å². The van der Waals surface area contributed by atoms with E-state index in [9.17, 15) is 129 Å². The van der Waals surface area contributed by atoms with Gasteiger partial charge in [0.1, 0.15) is 5.75 Å². The van der Waals surface area contributed by atoms with E-state index < -0.39 is 83.2 Å². The van der Waals surface area contributed by atoms with Gasteiger partial charge in [-0.05, 0) is 38.5 Å². The lowest BCUT2D eigenvalue weighted by molar-refractivity contribution is -0.528. The Kier molecular flexibility index (Phi) is 17.2. The number of nitrogens with one attached hydrogen (secondary N) is 1. The number of hydrogen-bond donors (Lipinski definition) is 4. The van der Waals surface area contributed by atoms with Crippen molar-refractivity contribution < 1.29 is 143 Å². The van der Waals surface area contributed by atoms with Crippen molar-refractivity contribution in [2.24, 2.45) is 0 Å². The Morgan fingerprint density at radius 3 is 1.03 bits per heavy atom. The molecule has 0 spiro atoms. The average molecular weight is 954 g/mol. The predicted molar refractivity (Wildman–Crippen MR) is 136 cm³/mol. The molecule has 1 atom stereocenters. The Bertz CT molecular complexity index is 1490. The number of phenols is 1. The predicted octanol–water partition coefficient (Wildman–Crippen LogP) is 9.29. The van der Waals surface area contributed by atoms with Crippen LogP contribution in [0.15, 0.2) is 18.2 Å². The van der Waals surface area contributed by atoms with E-state index in [1.54, 1.807) is 12.1 Å². The summed E-state index contributed by atoms with van der Waals surface area (Å²) in [4.78, 5) is 10.1. The summed E-state index contributed by atoms with van der Waals surface area (Å²) >= 11 is 0. The van der Waals surface area contributed by atoms with Crippen molar-refractivity contribution in [2.75, 3.05) is 6.54 Å². The van der Waals surface area contributed by atoms with Gasteiger partial charge in [-0.3, -0.25) is 0 Å². The first-order valence-corrected chi connectivity index (χ1v) is 14.1. The van der Waals surface area contributed by atoms with E-state index in [2.05, 4.69) is 5.32 Å². The van der Waals surface area contributed by atoms with Crippen molar-refractivity contribution in [1.82, 2.24) is 10.2 Å². The Balaban J connectivity index is 0. The summed E-state index contributed by atoms with van der Waals surface area (Å²) in [6.07, 6.45) is -25.7. The normalized spacial score (nSPS) is 15.4. The van der Waals surface area contributed by atoms with E-state index in [-0.39, 0.29) is 24.0 Å². The fourth-order valence-electron chi connectivity index (χ4n) is 3.51. The van der Waals surface area contributed by atoms with Crippen LogP contribution in [0.2, 0.25) is 0 Å². The standard InChI is InChI=1S/C13H21NO3.C12F27N.CO2/c1-13(2,3)14-7-12(17)9-4-5-11(16)10(6-9)8-15;13-1(14,7(25,26)27)4(19,20)10(34,35)40(11(36,37)5(21,22)2(15,16)8(28,29)30)12(38,39)6(23,24)3(17,18)9(31,32)33;2-1-3/h4-6,12,14-17H,7-8H2,1-3H3;;. The van der Waals surface area contributed by atoms with E-state index in [0.29, 0.717) is 17.7 Å². The topological polar surface area (TPSA) is 110 Å². The minimum absolute atomic E-state index is 0.0484. The number of aliphatic hydroxyl groups excluding tert-OH is 2. The van der Waals surface area contributed by atoms with Crippen molar-refractivity contribution in [2.45, 2.75) is 111 Å². The number of aromatic hydroxyl groups is 1. The zero-order chi connectivity index (χ0) is 49.3. The number of halogens is 27. The number of hydrogen-bond acceptors (Lipinski definition) is 7. The van der Waals surface area contributed by atoms with Crippen LogP contribution >= 0.6 is 0 Å². The van der Waals surface area contributed by atoms with Gasteiger partial charge in [-0.15, -0.1) is 4.90 Å². The fourth-order valence-corrected chi connectivity index (χ4v) is 3.51. The summed E-state index contributed by atoms with van der Waals surface area (Å²) in [6, 6.07) is -24.7. The van der Waals surface area contributed by atoms with Gasteiger partial charge >= 0.3 is 78.4 Å². The second-order valence-corrected chi connectivity index (χ2v) is 12.2. The molecule has 0 heterocycles. The maximum Gasteiger partial charge on any atom is 0.460 e. The molecular weight excluding hydrogens is 933 g/mol. The molecule has 0 saturated carbocycles. The van der Waals surface area contributed by atoms with Crippen molar-refractivity contribution in [1.29, 1.82) is 0 Å². The first kappa shape index (κ1) is 58.4. The maximum atomic E-state index is 13.8. The highest BCUT2D eigenvalue weighted by molar-refractivity contribution is 5.36. The maximum absolute atomic E-state index is 13.8. The number of β-amino-alcohol motifs (C(OH)–C–C–N with tert-alkyl or cyclic N) is 1. The molecule has 1 unspecified atom stereocenters. The summed E-state index contributed by atoms with van der Waals surface area (Å²) < 4.78 is 349. The first-order chi connectivity index (χ1) is 25.9. The van der Waals surface area contributed by atoms with Crippen LogP contribution in [0.5, 0.6) is 5.75 Å². The lowest BCUT2D eigenvalue weighted by Gasteiger charge is -2.49. The van der Waals surface area contributed by atoms with Gasteiger partial charge in [0.2, 0.25) is 0 Å². The molecule has 0 aliphatic rings. The average Bonchev–Trinajstić information content (AvgIpc) is 3.01. The minimum atomic E-state index is -9.81. The van der Waals surface area contributed by atoms with Crippen molar-refractivity contribution in [3.8, 4) is 5.75 Å². The number of benzene rings is 1. The molecule has 354 valence electrons. The molecule has 0 aromatic heterocycles. The van der Waals surface area contributed by atoms with Crippen LogP contribution in [0.1, 0.15) is 38.0 Å². The Hall–Kier alpha value is -3.65. The largest absolute Gasteiger partial charge is 0.508 e.